The topological polar surface area (TPSA) is 99.1 Å². The van der Waals surface area contributed by atoms with Crippen LogP contribution in [0.25, 0.3) is 10.9 Å². The van der Waals surface area contributed by atoms with E-state index in [9.17, 15) is 15.0 Å². The minimum Gasteiger partial charge on any atom is -0.464 e. The van der Waals surface area contributed by atoms with Crippen LogP contribution in [0.2, 0.25) is 5.15 Å². The Morgan fingerprint density at radius 1 is 1.60 bits per heavy atom. The molecule has 0 atom stereocenters. The van der Waals surface area contributed by atoms with E-state index in [-0.39, 0.29) is 11.1 Å². The first-order valence-corrected chi connectivity index (χ1v) is 6.35. The van der Waals surface area contributed by atoms with Crippen molar-refractivity contribution >= 4 is 28.6 Å². The van der Waals surface area contributed by atoms with Crippen molar-refractivity contribution in [1.82, 2.24) is 9.55 Å². The van der Waals surface area contributed by atoms with Crippen LogP contribution in [0.3, 0.4) is 0 Å². The fraction of sp³-hybridized carbons (Fsp3) is 0.308. The lowest BCUT2D eigenvalue weighted by Crippen LogP contribution is -2.40. The van der Waals surface area contributed by atoms with Crippen molar-refractivity contribution in [3.8, 4) is 6.07 Å². The van der Waals surface area contributed by atoms with Crippen LogP contribution in [0.1, 0.15) is 18.4 Å². The zero-order valence-corrected chi connectivity index (χ0v) is 11.0. The van der Waals surface area contributed by atoms with Gasteiger partial charge in [0.2, 0.25) is 0 Å². The monoisotopic (exact) mass is 291 g/mol. The van der Waals surface area contributed by atoms with Gasteiger partial charge in [0.25, 0.3) is 0 Å². The Kier molecular flexibility index (Phi) is 2.71. The SMILES string of the molecule is N#CC1CC(O)(c2cn(C(=O)O)c3cc(Cl)ncc23)C1. The van der Waals surface area contributed by atoms with Crippen LogP contribution in [-0.2, 0) is 5.60 Å². The molecule has 0 amide bonds. The molecule has 0 unspecified atom stereocenters. The Labute approximate surface area is 118 Å². The number of nitriles is 1. The van der Waals surface area contributed by atoms with Crippen molar-refractivity contribution in [2.24, 2.45) is 5.92 Å². The molecule has 102 valence electrons. The second-order valence-corrected chi connectivity index (χ2v) is 5.37. The molecule has 6 nitrogen and oxygen atoms in total. The number of carbonyl (C=O) groups is 1. The highest BCUT2D eigenvalue weighted by atomic mass is 35.5. The highest BCUT2D eigenvalue weighted by molar-refractivity contribution is 6.30. The maximum Gasteiger partial charge on any atom is 0.416 e. The fourth-order valence-corrected chi connectivity index (χ4v) is 2.84. The summed E-state index contributed by atoms with van der Waals surface area (Å²) in [4.78, 5) is 15.2. The van der Waals surface area contributed by atoms with Crippen LogP contribution < -0.4 is 0 Å². The summed E-state index contributed by atoms with van der Waals surface area (Å²) in [7, 11) is 0. The van der Waals surface area contributed by atoms with Crippen LogP contribution in [0.15, 0.2) is 18.5 Å². The Balaban J connectivity index is 2.18. The highest BCUT2D eigenvalue weighted by Gasteiger charge is 2.46. The molecule has 1 aliphatic carbocycles. The van der Waals surface area contributed by atoms with Gasteiger partial charge < -0.3 is 10.2 Å². The molecule has 2 aromatic heterocycles. The molecule has 2 heterocycles. The number of carboxylic acid groups (broad SMARTS) is 1. The summed E-state index contributed by atoms with van der Waals surface area (Å²) < 4.78 is 1.01. The Bertz CT molecular complexity index is 756. The van der Waals surface area contributed by atoms with E-state index in [0.29, 0.717) is 29.3 Å². The van der Waals surface area contributed by atoms with Crippen molar-refractivity contribution in [3.63, 3.8) is 0 Å². The first kappa shape index (κ1) is 12.9. The van der Waals surface area contributed by atoms with Crippen LogP contribution in [0.4, 0.5) is 4.79 Å². The van der Waals surface area contributed by atoms with E-state index in [4.69, 9.17) is 16.9 Å². The van der Waals surface area contributed by atoms with Crippen LogP contribution in [0.5, 0.6) is 0 Å². The van der Waals surface area contributed by atoms with Crippen LogP contribution >= 0.6 is 11.6 Å². The van der Waals surface area contributed by atoms with Gasteiger partial charge in [-0.05, 0) is 12.8 Å². The summed E-state index contributed by atoms with van der Waals surface area (Å²) in [6.07, 6.45) is 2.25. The first-order valence-electron chi connectivity index (χ1n) is 5.97. The lowest BCUT2D eigenvalue weighted by atomic mass is 9.68. The zero-order chi connectivity index (χ0) is 14.5. The summed E-state index contributed by atoms with van der Waals surface area (Å²) in [6.45, 7) is 0. The number of halogens is 1. The molecular weight excluding hydrogens is 282 g/mol. The molecule has 0 aromatic carbocycles. The molecule has 0 spiro atoms. The van der Waals surface area contributed by atoms with Gasteiger partial charge in [0.05, 0.1) is 23.1 Å². The molecular formula is C13H10ClN3O3. The van der Waals surface area contributed by atoms with Gasteiger partial charge in [-0.1, -0.05) is 11.6 Å². The van der Waals surface area contributed by atoms with Crippen molar-refractivity contribution in [2.75, 3.05) is 0 Å². The Hall–Kier alpha value is -2.10. The average molecular weight is 292 g/mol. The predicted octanol–water partition coefficient (Wildman–Crippen LogP) is 2.34. The van der Waals surface area contributed by atoms with E-state index in [0.717, 1.165) is 4.57 Å². The van der Waals surface area contributed by atoms with Gasteiger partial charge in [0.1, 0.15) is 5.15 Å². The van der Waals surface area contributed by atoms with Crippen molar-refractivity contribution < 1.29 is 15.0 Å². The number of hydrogen-bond acceptors (Lipinski definition) is 4. The third-order valence-electron chi connectivity index (χ3n) is 3.71. The number of pyridine rings is 1. The van der Waals surface area contributed by atoms with E-state index in [1.54, 1.807) is 0 Å². The normalized spacial score (nSPS) is 25.1. The van der Waals surface area contributed by atoms with E-state index >= 15 is 0 Å². The maximum atomic E-state index is 11.3. The van der Waals surface area contributed by atoms with Crippen molar-refractivity contribution in [1.29, 1.82) is 5.26 Å². The van der Waals surface area contributed by atoms with Gasteiger partial charge in [0, 0.05) is 29.4 Å². The molecule has 1 saturated carbocycles. The average Bonchev–Trinajstić information content (AvgIpc) is 2.74. The Morgan fingerprint density at radius 3 is 2.90 bits per heavy atom. The maximum absolute atomic E-state index is 11.3. The summed E-state index contributed by atoms with van der Waals surface area (Å²) in [5.74, 6) is -0.205. The van der Waals surface area contributed by atoms with E-state index in [1.807, 2.05) is 0 Å². The summed E-state index contributed by atoms with van der Waals surface area (Å²) in [5.41, 5.74) is -0.318. The molecule has 3 rings (SSSR count). The fourth-order valence-electron chi connectivity index (χ4n) is 2.69. The van der Waals surface area contributed by atoms with Gasteiger partial charge in [-0.3, -0.25) is 4.57 Å². The third kappa shape index (κ3) is 1.75. The molecule has 0 bridgehead atoms. The first-order chi connectivity index (χ1) is 9.44. The zero-order valence-electron chi connectivity index (χ0n) is 10.2. The quantitative estimate of drug-likeness (QED) is 0.786. The molecule has 2 aromatic rings. The number of rotatable bonds is 1. The van der Waals surface area contributed by atoms with E-state index in [1.165, 1.54) is 18.5 Å². The van der Waals surface area contributed by atoms with Crippen LogP contribution in [-0.4, -0.2) is 25.9 Å². The molecule has 2 N–H and O–H groups in total. The number of nitrogens with zero attached hydrogens (tertiary/aromatic N) is 3. The number of fused-ring (bicyclic) bond motifs is 1. The van der Waals surface area contributed by atoms with Crippen molar-refractivity contribution in [2.45, 2.75) is 18.4 Å². The second kappa shape index (κ2) is 4.20. The van der Waals surface area contributed by atoms with Crippen molar-refractivity contribution in [3.05, 3.63) is 29.2 Å². The van der Waals surface area contributed by atoms with Gasteiger partial charge in [0.15, 0.2) is 0 Å². The molecule has 1 aliphatic rings. The third-order valence-corrected chi connectivity index (χ3v) is 3.92. The molecule has 20 heavy (non-hydrogen) atoms. The lowest BCUT2D eigenvalue weighted by Gasteiger charge is -2.40. The highest BCUT2D eigenvalue weighted by Crippen LogP contribution is 2.47. The summed E-state index contributed by atoms with van der Waals surface area (Å²) in [5, 5.41) is 29.3. The van der Waals surface area contributed by atoms with Gasteiger partial charge >= 0.3 is 6.09 Å². The summed E-state index contributed by atoms with van der Waals surface area (Å²) in [6, 6.07) is 3.54. The van der Waals surface area contributed by atoms with Gasteiger partial charge in [-0.15, -0.1) is 0 Å². The standard InChI is InChI=1S/C13H10ClN3O3/c14-11-1-10-8(5-16-11)9(6-17(10)12(18)19)13(20)2-7(3-13)4-15/h1,5-7,20H,2-3H2,(H,18,19). The largest absolute Gasteiger partial charge is 0.464 e. The van der Waals surface area contributed by atoms with E-state index < -0.39 is 11.7 Å². The van der Waals surface area contributed by atoms with Crippen LogP contribution in [0, 0.1) is 17.2 Å². The molecule has 0 aliphatic heterocycles. The number of aromatic nitrogens is 2. The predicted molar refractivity (Wildman–Crippen MR) is 70.4 cm³/mol. The summed E-state index contributed by atoms with van der Waals surface area (Å²) >= 11 is 5.79. The molecule has 7 heteroatoms. The molecule has 1 fully saturated rings. The molecule has 0 saturated heterocycles. The smallest absolute Gasteiger partial charge is 0.416 e. The Morgan fingerprint density at radius 2 is 2.30 bits per heavy atom. The van der Waals surface area contributed by atoms with Gasteiger partial charge in [-0.25, -0.2) is 9.78 Å². The molecule has 0 radical (unpaired) electrons. The minimum absolute atomic E-state index is 0.181. The van der Waals surface area contributed by atoms with Gasteiger partial charge in [-0.2, -0.15) is 5.26 Å². The number of hydrogen-bond donors (Lipinski definition) is 2. The second-order valence-electron chi connectivity index (χ2n) is 4.99. The lowest BCUT2D eigenvalue weighted by molar-refractivity contribution is -0.0616. The number of aliphatic hydroxyl groups is 1. The minimum atomic E-state index is -1.17. The van der Waals surface area contributed by atoms with E-state index in [2.05, 4.69) is 11.1 Å².